The maximum Gasteiger partial charge on any atom is 0.0220 e. The lowest BCUT2D eigenvalue weighted by molar-refractivity contribution is 0.164. The summed E-state index contributed by atoms with van der Waals surface area (Å²) in [6.45, 7) is 10.8. The zero-order chi connectivity index (χ0) is 13.0. The van der Waals surface area contributed by atoms with Crippen molar-refractivity contribution in [1.82, 2.24) is 10.2 Å². The molecule has 2 aliphatic carbocycles. The second-order valence-electron chi connectivity index (χ2n) is 6.85. The zero-order valence-corrected chi connectivity index (χ0v) is 12.6. The van der Waals surface area contributed by atoms with Crippen molar-refractivity contribution in [2.75, 3.05) is 19.6 Å². The molecule has 0 heterocycles. The lowest BCUT2D eigenvalue weighted by Gasteiger charge is -2.33. The Hall–Kier alpha value is -0.0800. The van der Waals surface area contributed by atoms with Gasteiger partial charge in [0, 0.05) is 31.7 Å². The van der Waals surface area contributed by atoms with Crippen LogP contribution in [0.2, 0.25) is 0 Å². The molecule has 2 nitrogen and oxygen atoms in total. The van der Waals surface area contributed by atoms with Crippen molar-refractivity contribution >= 4 is 0 Å². The molecule has 0 radical (unpaired) electrons. The molecule has 2 fully saturated rings. The monoisotopic (exact) mass is 252 g/mol. The fourth-order valence-corrected chi connectivity index (χ4v) is 2.76. The Bertz CT molecular complexity index is 217. The maximum absolute atomic E-state index is 3.66. The molecule has 0 spiro atoms. The van der Waals surface area contributed by atoms with Crippen molar-refractivity contribution in [3.8, 4) is 0 Å². The summed E-state index contributed by atoms with van der Waals surface area (Å²) in [5, 5.41) is 3.66. The van der Waals surface area contributed by atoms with Crippen LogP contribution in [0.15, 0.2) is 0 Å². The largest absolute Gasteiger partial charge is 0.313 e. The highest BCUT2D eigenvalue weighted by Gasteiger charge is 2.32. The molecular formula is C16H32N2. The number of rotatable bonds is 10. The normalized spacial score (nSPS) is 21.8. The van der Waals surface area contributed by atoms with E-state index < -0.39 is 0 Å². The third-order valence-corrected chi connectivity index (χ3v) is 4.28. The molecule has 1 atom stereocenters. The topological polar surface area (TPSA) is 15.3 Å². The predicted octanol–water partition coefficient (Wildman–Crippen LogP) is 3.28. The van der Waals surface area contributed by atoms with Gasteiger partial charge in [-0.15, -0.1) is 0 Å². The predicted molar refractivity (Wildman–Crippen MR) is 78.9 cm³/mol. The van der Waals surface area contributed by atoms with Gasteiger partial charge in [-0.3, -0.25) is 4.90 Å². The molecule has 0 amide bonds. The number of hydrogen-bond acceptors (Lipinski definition) is 2. The molecule has 1 N–H and O–H groups in total. The summed E-state index contributed by atoms with van der Waals surface area (Å²) in [6.07, 6.45) is 8.61. The van der Waals surface area contributed by atoms with E-state index in [9.17, 15) is 0 Å². The van der Waals surface area contributed by atoms with Crippen LogP contribution in [-0.4, -0.2) is 36.6 Å². The minimum Gasteiger partial charge on any atom is -0.313 e. The Morgan fingerprint density at radius 2 is 1.61 bits per heavy atom. The van der Waals surface area contributed by atoms with Gasteiger partial charge in [0.05, 0.1) is 0 Å². The van der Waals surface area contributed by atoms with Gasteiger partial charge in [0.2, 0.25) is 0 Å². The van der Waals surface area contributed by atoms with Gasteiger partial charge in [-0.2, -0.15) is 0 Å². The van der Waals surface area contributed by atoms with Gasteiger partial charge in [0.15, 0.2) is 0 Å². The van der Waals surface area contributed by atoms with Crippen LogP contribution in [-0.2, 0) is 0 Å². The van der Waals surface area contributed by atoms with E-state index in [0.29, 0.717) is 6.04 Å². The lowest BCUT2D eigenvalue weighted by Crippen LogP contribution is -2.45. The minimum atomic E-state index is 0.619. The SMILES string of the molecule is CCCC(CNC(C)C)N(CC1CC1)CC1CC1. The van der Waals surface area contributed by atoms with Crippen LogP contribution in [0.3, 0.4) is 0 Å². The second kappa shape index (κ2) is 6.91. The average molecular weight is 252 g/mol. The Labute approximate surface area is 114 Å². The van der Waals surface area contributed by atoms with Crippen LogP contribution in [0.1, 0.15) is 59.3 Å². The van der Waals surface area contributed by atoms with Crippen LogP contribution < -0.4 is 5.32 Å². The van der Waals surface area contributed by atoms with Crippen molar-refractivity contribution in [1.29, 1.82) is 0 Å². The summed E-state index contributed by atoms with van der Waals surface area (Å²) in [4.78, 5) is 2.83. The summed E-state index contributed by atoms with van der Waals surface area (Å²) in [5.74, 6) is 2.06. The van der Waals surface area contributed by atoms with Crippen molar-refractivity contribution in [3.63, 3.8) is 0 Å². The molecule has 2 saturated carbocycles. The number of nitrogens with one attached hydrogen (secondary N) is 1. The van der Waals surface area contributed by atoms with E-state index in [0.717, 1.165) is 17.9 Å². The standard InChI is InChI=1S/C16H32N2/c1-4-5-16(10-17-13(2)3)18(11-14-6-7-14)12-15-8-9-15/h13-17H,4-12H2,1-3H3. The minimum absolute atomic E-state index is 0.619. The van der Waals surface area contributed by atoms with Gasteiger partial charge in [-0.05, 0) is 43.9 Å². The highest BCUT2D eigenvalue weighted by molar-refractivity contribution is 4.86. The van der Waals surface area contributed by atoms with E-state index in [4.69, 9.17) is 0 Å². The molecular weight excluding hydrogens is 220 g/mol. The first-order chi connectivity index (χ1) is 8.69. The van der Waals surface area contributed by atoms with Gasteiger partial charge < -0.3 is 5.32 Å². The molecule has 0 aliphatic heterocycles. The van der Waals surface area contributed by atoms with Gasteiger partial charge in [-0.1, -0.05) is 27.2 Å². The van der Waals surface area contributed by atoms with Crippen molar-refractivity contribution in [2.24, 2.45) is 11.8 Å². The highest BCUT2D eigenvalue weighted by Crippen LogP contribution is 2.34. The third-order valence-electron chi connectivity index (χ3n) is 4.28. The molecule has 2 heteroatoms. The van der Waals surface area contributed by atoms with Crippen molar-refractivity contribution in [3.05, 3.63) is 0 Å². The van der Waals surface area contributed by atoms with Crippen molar-refractivity contribution < 1.29 is 0 Å². The van der Waals surface area contributed by atoms with Crippen molar-refractivity contribution in [2.45, 2.75) is 71.4 Å². The van der Waals surface area contributed by atoms with Crippen LogP contribution in [0.5, 0.6) is 0 Å². The molecule has 2 aliphatic rings. The lowest BCUT2D eigenvalue weighted by atomic mass is 10.1. The molecule has 0 saturated heterocycles. The molecule has 0 aromatic carbocycles. The number of nitrogens with zero attached hydrogens (tertiary/aromatic N) is 1. The van der Waals surface area contributed by atoms with E-state index >= 15 is 0 Å². The summed E-state index contributed by atoms with van der Waals surface area (Å²) in [6, 6.07) is 1.40. The summed E-state index contributed by atoms with van der Waals surface area (Å²) in [5.41, 5.74) is 0. The first kappa shape index (κ1) is 14.3. The Balaban J connectivity index is 1.83. The Morgan fingerprint density at radius 3 is 2.00 bits per heavy atom. The molecule has 106 valence electrons. The first-order valence-corrected chi connectivity index (χ1v) is 8.16. The molecule has 0 aromatic heterocycles. The third kappa shape index (κ3) is 5.27. The molecule has 2 rings (SSSR count). The molecule has 0 bridgehead atoms. The summed E-state index contributed by atoms with van der Waals surface area (Å²) < 4.78 is 0. The van der Waals surface area contributed by atoms with Crippen LogP contribution in [0, 0.1) is 11.8 Å². The second-order valence-corrected chi connectivity index (χ2v) is 6.85. The van der Waals surface area contributed by atoms with Crippen LogP contribution in [0.25, 0.3) is 0 Å². The molecule has 1 unspecified atom stereocenters. The van der Waals surface area contributed by atoms with Gasteiger partial charge >= 0.3 is 0 Å². The summed E-state index contributed by atoms with van der Waals surface area (Å²) >= 11 is 0. The van der Waals surface area contributed by atoms with Gasteiger partial charge in [0.25, 0.3) is 0 Å². The molecule has 18 heavy (non-hydrogen) atoms. The molecule has 0 aromatic rings. The smallest absolute Gasteiger partial charge is 0.0220 e. The Morgan fingerprint density at radius 1 is 1.06 bits per heavy atom. The zero-order valence-electron chi connectivity index (χ0n) is 12.6. The maximum atomic E-state index is 3.66. The van der Waals surface area contributed by atoms with Gasteiger partial charge in [-0.25, -0.2) is 0 Å². The van der Waals surface area contributed by atoms with E-state index in [1.807, 2.05) is 0 Å². The van der Waals surface area contributed by atoms with Crippen LogP contribution in [0.4, 0.5) is 0 Å². The van der Waals surface area contributed by atoms with Gasteiger partial charge in [0.1, 0.15) is 0 Å². The van der Waals surface area contributed by atoms with E-state index in [-0.39, 0.29) is 0 Å². The van der Waals surface area contributed by atoms with E-state index in [2.05, 4.69) is 31.0 Å². The van der Waals surface area contributed by atoms with Crippen LogP contribution >= 0.6 is 0 Å². The van der Waals surface area contributed by atoms with E-state index in [1.54, 1.807) is 0 Å². The number of hydrogen-bond donors (Lipinski definition) is 1. The highest BCUT2D eigenvalue weighted by atomic mass is 15.2. The average Bonchev–Trinajstić information content (AvgIpc) is 3.17. The fraction of sp³-hybridized carbons (Fsp3) is 1.00. The fourth-order valence-electron chi connectivity index (χ4n) is 2.76. The quantitative estimate of drug-likeness (QED) is 0.642. The summed E-state index contributed by atoms with van der Waals surface area (Å²) in [7, 11) is 0. The first-order valence-electron chi connectivity index (χ1n) is 8.16. The van der Waals surface area contributed by atoms with E-state index in [1.165, 1.54) is 58.2 Å². The Kier molecular flexibility index (Phi) is 5.50.